The van der Waals surface area contributed by atoms with Crippen molar-refractivity contribution in [3.8, 4) is 0 Å². The molecule has 0 aromatic rings. The van der Waals surface area contributed by atoms with Gasteiger partial charge in [-0.15, -0.1) is 0 Å². The quantitative estimate of drug-likeness (QED) is 0.569. The molecule has 0 aromatic carbocycles. The fourth-order valence-corrected chi connectivity index (χ4v) is 2.63. The summed E-state index contributed by atoms with van der Waals surface area (Å²) in [5.41, 5.74) is 0. The molecular formula is C13H31N3O2S. The molecule has 0 aromatic heterocycles. The molecule has 0 heterocycles. The summed E-state index contributed by atoms with van der Waals surface area (Å²) < 4.78 is 27.8. The van der Waals surface area contributed by atoms with Crippen molar-refractivity contribution in [3.63, 3.8) is 0 Å². The van der Waals surface area contributed by atoms with Crippen molar-refractivity contribution in [1.29, 1.82) is 0 Å². The Hall–Kier alpha value is -0.170. The lowest BCUT2D eigenvalue weighted by Crippen LogP contribution is -2.40. The van der Waals surface area contributed by atoms with Gasteiger partial charge in [-0.3, -0.25) is 0 Å². The molecule has 0 saturated heterocycles. The van der Waals surface area contributed by atoms with Gasteiger partial charge in [-0.2, -0.15) is 12.7 Å². The summed E-state index contributed by atoms with van der Waals surface area (Å²) in [5, 5.41) is 3.28. The number of nitrogens with one attached hydrogen (secondary N) is 2. The van der Waals surface area contributed by atoms with E-state index in [2.05, 4.69) is 37.7 Å². The normalized spacial score (nSPS) is 12.8. The van der Waals surface area contributed by atoms with Crippen LogP contribution in [0.3, 0.4) is 0 Å². The molecule has 2 N–H and O–H groups in total. The molecule has 6 heteroatoms. The molecule has 0 unspecified atom stereocenters. The third-order valence-electron chi connectivity index (χ3n) is 2.86. The Balaban J connectivity index is 3.84. The fraction of sp³-hybridized carbons (Fsp3) is 1.00. The van der Waals surface area contributed by atoms with Crippen LogP contribution in [0.15, 0.2) is 0 Å². The first-order valence-corrected chi connectivity index (χ1v) is 8.64. The maximum Gasteiger partial charge on any atom is 0.279 e. The Bertz CT molecular complexity index is 316. The van der Waals surface area contributed by atoms with Gasteiger partial charge in [-0.05, 0) is 31.7 Å². The van der Waals surface area contributed by atoms with Crippen molar-refractivity contribution >= 4 is 10.2 Å². The van der Waals surface area contributed by atoms with Crippen LogP contribution in [-0.2, 0) is 10.2 Å². The molecule has 0 fully saturated rings. The van der Waals surface area contributed by atoms with Gasteiger partial charge in [-0.25, -0.2) is 4.72 Å². The van der Waals surface area contributed by atoms with Crippen molar-refractivity contribution in [1.82, 2.24) is 14.3 Å². The molecule has 0 spiro atoms. The average Bonchev–Trinajstić information content (AvgIpc) is 2.29. The highest BCUT2D eigenvalue weighted by atomic mass is 32.2. The van der Waals surface area contributed by atoms with E-state index in [-0.39, 0.29) is 0 Å². The Kier molecular flexibility index (Phi) is 9.60. The lowest BCUT2D eigenvalue weighted by atomic mass is 10.1. The Morgan fingerprint density at radius 2 is 1.68 bits per heavy atom. The maximum absolute atomic E-state index is 11.9. The van der Waals surface area contributed by atoms with E-state index in [0.29, 0.717) is 25.0 Å². The van der Waals surface area contributed by atoms with E-state index in [0.717, 1.165) is 25.8 Å². The summed E-state index contributed by atoms with van der Waals surface area (Å²) in [4.78, 5) is 0. The van der Waals surface area contributed by atoms with Gasteiger partial charge in [0.25, 0.3) is 10.2 Å². The van der Waals surface area contributed by atoms with Crippen molar-refractivity contribution < 1.29 is 8.42 Å². The second-order valence-electron chi connectivity index (χ2n) is 5.72. The van der Waals surface area contributed by atoms with Crippen molar-refractivity contribution in [2.75, 3.05) is 26.7 Å². The van der Waals surface area contributed by atoms with Gasteiger partial charge in [0.1, 0.15) is 0 Å². The first-order valence-electron chi connectivity index (χ1n) is 7.20. The molecule has 0 radical (unpaired) electrons. The molecule has 0 aliphatic carbocycles. The van der Waals surface area contributed by atoms with Crippen LogP contribution in [0.1, 0.15) is 47.0 Å². The van der Waals surface area contributed by atoms with Crippen LogP contribution < -0.4 is 10.0 Å². The van der Waals surface area contributed by atoms with Gasteiger partial charge in [0.15, 0.2) is 0 Å². The predicted octanol–water partition coefficient (Wildman–Crippen LogP) is 1.58. The molecular weight excluding hydrogens is 262 g/mol. The van der Waals surface area contributed by atoms with Gasteiger partial charge < -0.3 is 5.32 Å². The third-order valence-corrected chi connectivity index (χ3v) is 4.43. The van der Waals surface area contributed by atoms with Gasteiger partial charge in [0.05, 0.1) is 0 Å². The minimum atomic E-state index is -3.30. The van der Waals surface area contributed by atoms with Crippen LogP contribution in [0.25, 0.3) is 0 Å². The summed E-state index contributed by atoms with van der Waals surface area (Å²) in [6, 6.07) is 0.441. The average molecular weight is 293 g/mol. The second-order valence-corrected chi connectivity index (χ2v) is 7.58. The molecule has 0 rings (SSSR count). The SMILES string of the molecule is CC(C)CCCNS(=O)(=O)N(C)CCCNC(C)C. The largest absolute Gasteiger partial charge is 0.314 e. The second kappa shape index (κ2) is 9.69. The molecule has 0 bridgehead atoms. The van der Waals surface area contributed by atoms with Crippen molar-refractivity contribution in [3.05, 3.63) is 0 Å². The fourth-order valence-electron chi connectivity index (χ4n) is 1.63. The number of nitrogens with zero attached hydrogens (tertiary/aromatic N) is 1. The molecule has 116 valence electrons. The summed E-state index contributed by atoms with van der Waals surface area (Å²) >= 11 is 0. The van der Waals surface area contributed by atoms with E-state index in [1.807, 2.05) is 0 Å². The van der Waals surface area contributed by atoms with Gasteiger partial charge >= 0.3 is 0 Å². The predicted molar refractivity (Wildman–Crippen MR) is 81.4 cm³/mol. The highest BCUT2D eigenvalue weighted by Gasteiger charge is 2.15. The number of hydrogen-bond acceptors (Lipinski definition) is 3. The zero-order valence-corrected chi connectivity index (χ0v) is 13.9. The molecule has 0 aliphatic heterocycles. The van der Waals surface area contributed by atoms with Crippen molar-refractivity contribution in [2.24, 2.45) is 5.92 Å². The van der Waals surface area contributed by atoms with E-state index in [1.54, 1.807) is 7.05 Å². The molecule has 5 nitrogen and oxygen atoms in total. The highest BCUT2D eigenvalue weighted by Crippen LogP contribution is 2.03. The van der Waals surface area contributed by atoms with Gasteiger partial charge in [0, 0.05) is 26.2 Å². The Labute approximate surface area is 119 Å². The summed E-state index contributed by atoms with van der Waals surface area (Å²) in [5.74, 6) is 0.615. The van der Waals surface area contributed by atoms with E-state index in [9.17, 15) is 8.42 Å². The summed E-state index contributed by atoms with van der Waals surface area (Å²) in [6.07, 6.45) is 2.76. The first-order chi connectivity index (χ1) is 8.75. The zero-order chi connectivity index (χ0) is 14.9. The topological polar surface area (TPSA) is 61.4 Å². The zero-order valence-electron chi connectivity index (χ0n) is 13.1. The Morgan fingerprint density at radius 3 is 2.21 bits per heavy atom. The van der Waals surface area contributed by atoms with E-state index in [1.165, 1.54) is 4.31 Å². The number of rotatable bonds is 11. The molecule has 0 atom stereocenters. The van der Waals surface area contributed by atoms with Crippen LogP contribution in [0, 0.1) is 5.92 Å². The lowest BCUT2D eigenvalue weighted by molar-refractivity contribution is 0.436. The van der Waals surface area contributed by atoms with Crippen LogP contribution in [-0.4, -0.2) is 45.4 Å². The summed E-state index contributed by atoms with van der Waals surface area (Å²) in [6.45, 7) is 10.3. The minimum Gasteiger partial charge on any atom is -0.314 e. The van der Waals surface area contributed by atoms with E-state index in [4.69, 9.17) is 0 Å². The third kappa shape index (κ3) is 10.3. The highest BCUT2D eigenvalue weighted by molar-refractivity contribution is 7.87. The van der Waals surface area contributed by atoms with Crippen LogP contribution in [0.4, 0.5) is 0 Å². The number of hydrogen-bond donors (Lipinski definition) is 2. The smallest absolute Gasteiger partial charge is 0.279 e. The molecule has 0 amide bonds. The minimum absolute atomic E-state index is 0.441. The standard InChI is InChI=1S/C13H31N3O2S/c1-12(2)8-6-10-15-19(17,18)16(5)11-7-9-14-13(3)4/h12-15H,6-11H2,1-5H3. The molecule has 19 heavy (non-hydrogen) atoms. The molecule has 0 aliphatic rings. The molecule has 0 saturated carbocycles. The lowest BCUT2D eigenvalue weighted by Gasteiger charge is -2.18. The monoisotopic (exact) mass is 293 g/mol. The van der Waals surface area contributed by atoms with Crippen LogP contribution in [0.2, 0.25) is 0 Å². The summed E-state index contributed by atoms with van der Waals surface area (Å²) in [7, 11) is -1.68. The maximum atomic E-state index is 11.9. The van der Waals surface area contributed by atoms with E-state index < -0.39 is 10.2 Å². The van der Waals surface area contributed by atoms with Crippen molar-refractivity contribution in [2.45, 2.75) is 53.0 Å². The van der Waals surface area contributed by atoms with Crippen LogP contribution >= 0.6 is 0 Å². The van der Waals surface area contributed by atoms with Gasteiger partial charge in [0.2, 0.25) is 0 Å². The van der Waals surface area contributed by atoms with E-state index >= 15 is 0 Å². The Morgan fingerprint density at radius 1 is 1.05 bits per heavy atom. The first kappa shape index (κ1) is 18.8. The van der Waals surface area contributed by atoms with Crippen LogP contribution in [0.5, 0.6) is 0 Å². The van der Waals surface area contributed by atoms with Gasteiger partial charge in [-0.1, -0.05) is 27.7 Å².